The van der Waals surface area contributed by atoms with E-state index in [1.165, 1.54) is 41.2 Å². The number of aromatic nitrogens is 2. The summed E-state index contributed by atoms with van der Waals surface area (Å²) >= 11 is 0. The number of carbonyl (C=O) groups is 2. The standard InChI is InChI=1S/C35H44N4O2/c1-2-3-8-19-35-20-17-32(40)38(22-9-11-26-24-36-30-15-6-4-13-28(26)30)34(35)39(33(41)18-21-35)23-10-12-27-25-37-31-16-7-5-14-29(27)31/h4-7,13-16,24-25,34,36-37H,2-3,8-12,17-23H2,1H3. The van der Waals surface area contributed by atoms with E-state index in [-0.39, 0.29) is 23.4 Å². The van der Waals surface area contributed by atoms with Crippen molar-refractivity contribution >= 4 is 33.6 Å². The van der Waals surface area contributed by atoms with Crippen LogP contribution >= 0.6 is 0 Å². The van der Waals surface area contributed by atoms with Gasteiger partial charge in [0.2, 0.25) is 11.8 Å². The van der Waals surface area contributed by atoms with E-state index in [1.807, 2.05) is 0 Å². The third-order valence-electron chi connectivity index (χ3n) is 9.77. The van der Waals surface area contributed by atoms with Crippen molar-refractivity contribution in [1.29, 1.82) is 0 Å². The number of nitrogens with one attached hydrogen (secondary N) is 2. The fourth-order valence-corrected chi connectivity index (χ4v) is 7.64. The van der Waals surface area contributed by atoms with Gasteiger partial charge in [-0.25, -0.2) is 0 Å². The second kappa shape index (κ2) is 12.1. The second-order valence-electron chi connectivity index (χ2n) is 12.3. The van der Waals surface area contributed by atoms with Gasteiger partial charge in [0, 0.05) is 65.5 Å². The summed E-state index contributed by atoms with van der Waals surface area (Å²) in [4.78, 5) is 38.1. The lowest BCUT2D eigenvalue weighted by atomic mass is 9.67. The largest absolute Gasteiger partial charge is 0.361 e. The SMILES string of the molecule is CCCCCC12CCC(=O)N(CCCc3c[nH]c4ccccc34)C1N(CCCc1c[nH]c3ccccc13)C(=O)CC2. The van der Waals surface area contributed by atoms with Gasteiger partial charge in [-0.15, -0.1) is 0 Å². The molecule has 0 spiro atoms. The predicted molar refractivity (Wildman–Crippen MR) is 165 cm³/mol. The Morgan fingerprint density at radius 3 is 1.76 bits per heavy atom. The third kappa shape index (κ3) is 5.53. The van der Waals surface area contributed by atoms with Gasteiger partial charge in [-0.1, -0.05) is 62.6 Å². The number of nitrogens with zero attached hydrogens (tertiary/aromatic N) is 2. The third-order valence-corrected chi connectivity index (χ3v) is 9.77. The number of carbonyl (C=O) groups excluding carboxylic acids is 2. The number of H-pyrrole nitrogens is 2. The molecule has 6 heteroatoms. The number of fused-ring (bicyclic) bond motifs is 3. The number of benzene rings is 2. The summed E-state index contributed by atoms with van der Waals surface area (Å²) in [6, 6.07) is 16.8. The van der Waals surface area contributed by atoms with Crippen LogP contribution < -0.4 is 0 Å². The van der Waals surface area contributed by atoms with Gasteiger partial charge in [0.25, 0.3) is 0 Å². The Balaban J connectivity index is 1.21. The zero-order valence-corrected chi connectivity index (χ0v) is 24.5. The van der Waals surface area contributed by atoms with E-state index in [2.05, 4.69) is 87.6 Å². The van der Waals surface area contributed by atoms with Crippen molar-refractivity contribution in [2.24, 2.45) is 5.41 Å². The summed E-state index contributed by atoms with van der Waals surface area (Å²) in [5, 5.41) is 2.52. The number of rotatable bonds is 12. The zero-order chi connectivity index (χ0) is 28.2. The molecule has 0 saturated carbocycles. The Labute approximate surface area is 243 Å². The van der Waals surface area contributed by atoms with Gasteiger partial charge in [-0.2, -0.15) is 0 Å². The minimum atomic E-state index is -0.118. The summed E-state index contributed by atoms with van der Waals surface area (Å²) in [6.45, 7) is 3.65. The van der Waals surface area contributed by atoms with Crippen LogP contribution in [0.5, 0.6) is 0 Å². The van der Waals surface area contributed by atoms with Crippen molar-refractivity contribution in [3.05, 3.63) is 72.1 Å². The van der Waals surface area contributed by atoms with Gasteiger partial charge in [0.05, 0.1) is 0 Å². The first-order valence-corrected chi connectivity index (χ1v) is 15.8. The highest BCUT2D eigenvalue weighted by Crippen LogP contribution is 2.49. The van der Waals surface area contributed by atoms with Crippen molar-refractivity contribution in [3.63, 3.8) is 0 Å². The fraction of sp³-hybridized carbons (Fsp3) is 0.486. The molecule has 2 fully saturated rings. The van der Waals surface area contributed by atoms with E-state index in [1.54, 1.807) is 0 Å². The molecule has 2 aromatic heterocycles. The lowest BCUT2D eigenvalue weighted by Gasteiger charge is -2.57. The molecular formula is C35H44N4O2. The van der Waals surface area contributed by atoms with Crippen LogP contribution in [0.2, 0.25) is 0 Å². The van der Waals surface area contributed by atoms with E-state index < -0.39 is 0 Å². The van der Waals surface area contributed by atoms with Crippen LogP contribution in [0.25, 0.3) is 21.8 Å². The zero-order valence-electron chi connectivity index (χ0n) is 24.5. The van der Waals surface area contributed by atoms with Crippen LogP contribution in [0.1, 0.15) is 82.3 Å². The predicted octanol–water partition coefficient (Wildman–Crippen LogP) is 7.35. The maximum absolute atomic E-state index is 13.6. The van der Waals surface area contributed by atoms with E-state index >= 15 is 0 Å². The average Bonchev–Trinajstić information content (AvgIpc) is 3.60. The van der Waals surface area contributed by atoms with Crippen molar-refractivity contribution < 1.29 is 9.59 Å². The monoisotopic (exact) mass is 552 g/mol. The van der Waals surface area contributed by atoms with E-state index in [9.17, 15) is 9.59 Å². The molecule has 6 nitrogen and oxygen atoms in total. The molecule has 0 unspecified atom stereocenters. The molecular weight excluding hydrogens is 508 g/mol. The molecule has 4 heterocycles. The molecule has 41 heavy (non-hydrogen) atoms. The molecule has 2 aromatic carbocycles. The molecule has 6 rings (SSSR count). The highest BCUT2D eigenvalue weighted by molar-refractivity contribution is 5.84. The van der Waals surface area contributed by atoms with Crippen molar-refractivity contribution in [3.8, 4) is 0 Å². The molecule has 216 valence electrons. The Bertz CT molecular complexity index is 1400. The summed E-state index contributed by atoms with van der Waals surface area (Å²) in [5.41, 5.74) is 4.93. The van der Waals surface area contributed by atoms with Crippen LogP contribution in [0.3, 0.4) is 0 Å². The van der Waals surface area contributed by atoms with E-state index in [4.69, 9.17) is 0 Å². The first kappa shape index (κ1) is 27.6. The van der Waals surface area contributed by atoms with Crippen molar-refractivity contribution in [2.45, 2.75) is 90.1 Å². The number of aromatic amines is 2. The number of unbranched alkanes of at least 4 members (excludes halogenated alkanes) is 2. The van der Waals surface area contributed by atoms with Gasteiger partial charge in [-0.3, -0.25) is 9.59 Å². The summed E-state index contributed by atoms with van der Waals surface area (Å²) in [7, 11) is 0. The lowest BCUT2D eigenvalue weighted by Crippen LogP contribution is -2.66. The normalized spacial score (nSPS) is 21.2. The summed E-state index contributed by atoms with van der Waals surface area (Å²) < 4.78 is 0. The fourth-order valence-electron chi connectivity index (χ4n) is 7.64. The lowest BCUT2D eigenvalue weighted by molar-refractivity contribution is -0.174. The van der Waals surface area contributed by atoms with Crippen LogP contribution in [0, 0.1) is 5.41 Å². The number of para-hydroxylation sites is 2. The topological polar surface area (TPSA) is 72.2 Å². The molecule has 2 aliphatic heterocycles. The van der Waals surface area contributed by atoms with Gasteiger partial charge in [0.1, 0.15) is 6.17 Å². The number of hydrogen-bond donors (Lipinski definition) is 2. The Morgan fingerprint density at radius 2 is 1.24 bits per heavy atom. The number of likely N-dealkylation sites (tertiary alicyclic amines) is 2. The van der Waals surface area contributed by atoms with Gasteiger partial charge < -0.3 is 19.8 Å². The first-order chi connectivity index (χ1) is 20.1. The van der Waals surface area contributed by atoms with Crippen molar-refractivity contribution in [1.82, 2.24) is 19.8 Å². The van der Waals surface area contributed by atoms with Crippen LogP contribution in [-0.2, 0) is 22.4 Å². The molecule has 2 aliphatic rings. The number of amides is 2. The van der Waals surface area contributed by atoms with Crippen molar-refractivity contribution in [2.75, 3.05) is 13.1 Å². The van der Waals surface area contributed by atoms with Crippen LogP contribution in [0.4, 0.5) is 0 Å². The number of piperidine rings is 2. The summed E-state index contributed by atoms with van der Waals surface area (Å²) in [5.74, 6) is 0.438. The minimum absolute atomic E-state index is 0.0125. The Kier molecular flexibility index (Phi) is 8.18. The average molecular weight is 553 g/mol. The maximum atomic E-state index is 13.6. The Hall–Kier alpha value is -3.54. The Morgan fingerprint density at radius 1 is 0.732 bits per heavy atom. The number of hydrogen-bond acceptors (Lipinski definition) is 2. The first-order valence-electron chi connectivity index (χ1n) is 15.8. The van der Waals surface area contributed by atoms with Gasteiger partial charge in [0.15, 0.2) is 0 Å². The van der Waals surface area contributed by atoms with E-state index in [0.29, 0.717) is 25.9 Å². The maximum Gasteiger partial charge on any atom is 0.224 e. The molecule has 0 atom stereocenters. The van der Waals surface area contributed by atoms with Crippen LogP contribution in [-0.4, -0.2) is 50.8 Å². The highest BCUT2D eigenvalue weighted by atomic mass is 16.2. The summed E-state index contributed by atoms with van der Waals surface area (Å²) in [6.07, 6.45) is 15.4. The highest BCUT2D eigenvalue weighted by Gasteiger charge is 2.53. The quantitative estimate of drug-likeness (QED) is 0.180. The minimum Gasteiger partial charge on any atom is -0.361 e. The van der Waals surface area contributed by atoms with Gasteiger partial charge >= 0.3 is 0 Å². The molecule has 0 aliphatic carbocycles. The van der Waals surface area contributed by atoms with Gasteiger partial charge in [-0.05, 0) is 68.2 Å². The smallest absolute Gasteiger partial charge is 0.224 e. The molecule has 2 N–H and O–H groups in total. The molecule has 2 saturated heterocycles. The molecule has 4 aromatic rings. The number of aryl methyl sites for hydroxylation is 2. The van der Waals surface area contributed by atoms with E-state index in [0.717, 1.165) is 56.0 Å². The second-order valence-corrected chi connectivity index (χ2v) is 12.3. The molecule has 0 radical (unpaired) electrons. The van der Waals surface area contributed by atoms with Crippen LogP contribution in [0.15, 0.2) is 60.9 Å². The molecule has 0 bridgehead atoms. The molecule has 2 amide bonds.